The van der Waals surface area contributed by atoms with E-state index in [4.69, 9.17) is 16.3 Å². The average Bonchev–Trinajstić information content (AvgIpc) is 2.64. The molecule has 0 aliphatic carbocycles. The minimum atomic E-state index is 0.0109. The number of hydrogen-bond acceptors (Lipinski definition) is 3. The summed E-state index contributed by atoms with van der Waals surface area (Å²) in [5, 5.41) is 1.44. The van der Waals surface area contributed by atoms with Crippen molar-refractivity contribution < 1.29 is 4.74 Å². The molecule has 4 nitrogen and oxygen atoms in total. The van der Waals surface area contributed by atoms with Gasteiger partial charge in [-0.2, -0.15) is 0 Å². The maximum atomic E-state index is 12.4. The third-order valence-electron chi connectivity index (χ3n) is 4.19. The summed E-state index contributed by atoms with van der Waals surface area (Å²) in [6.07, 6.45) is 4.23. The van der Waals surface area contributed by atoms with Gasteiger partial charge >= 0.3 is 0 Å². The van der Waals surface area contributed by atoms with Crippen molar-refractivity contribution in [1.82, 2.24) is 9.55 Å². The van der Waals surface area contributed by atoms with E-state index in [1.54, 1.807) is 10.9 Å². The molecule has 130 valence electrons. The standard InChI is InChI=1S/C20H21ClN2O2/c1-2-15-13-16(9-10-18(15)21)25-12-6-5-11-23-14-22-19-8-4-3-7-17(19)20(23)24/h3-4,7-10,13-14H,2,5-6,11-12H2,1H3. The molecule has 3 aromatic rings. The van der Waals surface area contributed by atoms with Crippen molar-refractivity contribution in [2.24, 2.45) is 0 Å². The molecule has 1 aromatic heterocycles. The highest BCUT2D eigenvalue weighted by atomic mass is 35.5. The molecule has 0 unspecified atom stereocenters. The summed E-state index contributed by atoms with van der Waals surface area (Å²) in [4.78, 5) is 16.7. The van der Waals surface area contributed by atoms with Gasteiger partial charge in [-0.3, -0.25) is 9.36 Å². The topological polar surface area (TPSA) is 44.1 Å². The number of benzene rings is 2. The van der Waals surface area contributed by atoms with Gasteiger partial charge in [-0.05, 0) is 55.2 Å². The summed E-state index contributed by atoms with van der Waals surface area (Å²) in [5.41, 5.74) is 1.84. The summed E-state index contributed by atoms with van der Waals surface area (Å²) >= 11 is 6.11. The van der Waals surface area contributed by atoms with Crippen molar-refractivity contribution in [2.75, 3.05) is 6.61 Å². The van der Waals surface area contributed by atoms with Crippen molar-refractivity contribution in [3.63, 3.8) is 0 Å². The number of aryl methyl sites for hydroxylation is 2. The number of para-hydroxylation sites is 1. The van der Waals surface area contributed by atoms with Gasteiger partial charge in [0.2, 0.25) is 0 Å². The van der Waals surface area contributed by atoms with Crippen LogP contribution in [0.4, 0.5) is 0 Å². The van der Waals surface area contributed by atoms with Gasteiger partial charge in [0, 0.05) is 11.6 Å². The SMILES string of the molecule is CCc1cc(OCCCCn2cnc3ccccc3c2=O)ccc1Cl. The Balaban J connectivity index is 1.52. The second-order valence-corrected chi connectivity index (χ2v) is 6.33. The number of ether oxygens (including phenoxy) is 1. The van der Waals surface area contributed by atoms with Crippen LogP contribution in [0.25, 0.3) is 10.9 Å². The fraction of sp³-hybridized carbons (Fsp3) is 0.300. The highest BCUT2D eigenvalue weighted by Crippen LogP contribution is 2.22. The number of unbranched alkanes of at least 4 members (excludes halogenated alkanes) is 1. The van der Waals surface area contributed by atoms with Crippen LogP contribution in [0.15, 0.2) is 53.6 Å². The van der Waals surface area contributed by atoms with Crippen LogP contribution in [0.1, 0.15) is 25.3 Å². The first kappa shape index (κ1) is 17.5. The Morgan fingerprint density at radius 2 is 2.00 bits per heavy atom. The van der Waals surface area contributed by atoms with E-state index in [0.717, 1.165) is 41.1 Å². The van der Waals surface area contributed by atoms with Crippen LogP contribution >= 0.6 is 11.6 Å². The number of halogens is 1. The van der Waals surface area contributed by atoms with Crippen LogP contribution < -0.4 is 10.3 Å². The molecule has 25 heavy (non-hydrogen) atoms. The molecule has 0 bridgehead atoms. The van der Waals surface area contributed by atoms with Crippen molar-refractivity contribution in [2.45, 2.75) is 32.7 Å². The zero-order chi connectivity index (χ0) is 17.6. The molecule has 0 saturated heterocycles. The van der Waals surface area contributed by atoms with E-state index in [-0.39, 0.29) is 5.56 Å². The maximum absolute atomic E-state index is 12.4. The van der Waals surface area contributed by atoms with E-state index in [0.29, 0.717) is 18.5 Å². The number of fused-ring (bicyclic) bond motifs is 1. The zero-order valence-corrected chi connectivity index (χ0v) is 15.0. The average molecular weight is 357 g/mol. The minimum absolute atomic E-state index is 0.0109. The third-order valence-corrected chi connectivity index (χ3v) is 4.56. The van der Waals surface area contributed by atoms with Crippen molar-refractivity contribution in [1.29, 1.82) is 0 Å². The van der Waals surface area contributed by atoms with Crippen LogP contribution in [0.3, 0.4) is 0 Å². The van der Waals surface area contributed by atoms with Gasteiger partial charge in [0.05, 0.1) is 23.8 Å². The van der Waals surface area contributed by atoms with Crippen LogP contribution in [-0.2, 0) is 13.0 Å². The fourth-order valence-electron chi connectivity index (χ4n) is 2.75. The lowest BCUT2D eigenvalue weighted by atomic mass is 10.1. The zero-order valence-electron chi connectivity index (χ0n) is 14.2. The highest BCUT2D eigenvalue weighted by Gasteiger charge is 2.04. The summed E-state index contributed by atoms with van der Waals surface area (Å²) in [5.74, 6) is 0.839. The Hall–Kier alpha value is -2.33. The Kier molecular flexibility index (Phi) is 5.71. The molecule has 0 aliphatic rings. The second-order valence-electron chi connectivity index (χ2n) is 5.92. The van der Waals surface area contributed by atoms with Crippen molar-refractivity contribution in [3.8, 4) is 5.75 Å². The predicted molar refractivity (Wildman–Crippen MR) is 102 cm³/mol. The lowest BCUT2D eigenvalue weighted by Crippen LogP contribution is -2.20. The van der Waals surface area contributed by atoms with Crippen LogP contribution in [0.2, 0.25) is 5.02 Å². The molecule has 0 aliphatic heterocycles. The first-order chi connectivity index (χ1) is 12.2. The third kappa shape index (κ3) is 4.20. The lowest BCUT2D eigenvalue weighted by molar-refractivity contribution is 0.302. The molecule has 0 amide bonds. The highest BCUT2D eigenvalue weighted by molar-refractivity contribution is 6.31. The van der Waals surface area contributed by atoms with Gasteiger partial charge in [-0.15, -0.1) is 0 Å². The first-order valence-electron chi connectivity index (χ1n) is 8.54. The lowest BCUT2D eigenvalue weighted by Gasteiger charge is -2.09. The normalized spacial score (nSPS) is 11.0. The largest absolute Gasteiger partial charge is 0.494 e. The number of hydrogen-bond donors (Lipinski definition) is 0. The molecule has 3 rings (SSSR count). The molecule has 0 N–H and O–H groups in total. The number of aromatic nitrogens is 2. The molecule has 2 aromatic carbocycles. The Labute approximate surface area is 152 Å². The monoisotopic (exact) mass is 356 g/mol. The summed E-state index contributed by atoms with van der Waals surface area (Å²) < 4.78 is 7.45. The number of nitrogens with zero attached hydrogens (tertiary/aromatic N) is 2. The van der Waals surface area contributed by atoms with Crippen LogP contribution in [-0.4, -0.2) is 16.2 Å². The molecule has 0 saturated carbocycles. The molecule has 5 heteroatoms. The first-order valence-corrected chi connectivity index (χ1v) is 8.92. The Morgan fingerprint density at radius 3 is 2.84 bits per heavy atom. The van der Waals surface area contributed by atoms with Gasteiger partial charge in [-0.25, -0.2) is 4.98 Å². The summed E-state index contributed by atoms with van der Waals surface area (Å²) in [6, 6.07) is 13.2. The van der Waals surface area contributed by atoms with Crippen LogP contribution in [0, 0.1) is 0 Å². The van der Waals surface area contributed by atoms with Crippen LogP contribution in [0.5, 0.6) is 5.75 Å². The Bertz CT molecular complexity index is 921. The van der Waals surface area contributed by atoms with Gasteiger partial charge in [0.25, 0.3) is 5.56 Å². The van der Waals surface area contributed by atoms with E-state index in [1.165, 1.54) is 0 Å². The number of rotatable bonds is 7. The van der Waals surface area contributed by atoms with Gasteiger partial charge in [-0.1, -0.05) is 30.7 Å². The smallest absolute Gasteiger partial charge is 0.261 e. The molecular weight excluding hydrogens is 336 g/mol. The molecule has 1 heterocycles. The van der Waals surface area contributed by atoms with E-state index < -0.39 is 0 Å². The fourth-order valence-corrected chi connectivity index (χ4v) is 3.00. The predicted octanol–water partition coefficient (Wildman–Crippen LogP) is 4.47. The second kappa shape index (κ2) is 8.17. The van der Waals surface area contributed by atoms with Gasteiger partial charge in [0.15, 0.2) is 0 Å². The maximum Gasteiger partial charge on any atom is 0.261 e. The quantitative estimate of drug-likeness (QED) is 0.586. The molecule has 0 spiro atoms. The van der Waals surface area contributed by atoms with E-state index in [9.17, 15) is 4.79 Å². The summed E-state index contributed by atoms with van der Waals surface area (Å²) in [7, 11) is 0. The molecule has 0 radical (unpaired) electrons. The molecule has 0 fully saturated rings. The molecule has 0 atom stereocenters. The molecular formula is C20H21ClN2O2. The van der Waals surface area contributed by atoms with E-state index in [1.807, 2.05) is 42.5 Å². The summed E-state index contributed by atoms with van der Waals surface area (Å²) in [6.45, 7) is 3.32. The Morgan fingerprint density at radius 1 is 1.16 bits per heavy atom. The van der Waals surface area contributed by atoms with Crippen molar-refractivity contribution in [3.05, 3.63) is 69.7 Å². The van der Waals surface area contributed by atoms with Crippen molar-refractivity contribution >= 4 is 22.5 Å². The van der Waals surface area contributed by atoms with Gasteiger partial charge < -0.3 is 4.74 Å². The van der Waals surface area contributed by atoms with E-state index >= 15 is 0 Å². The van der Waals surface area contributed by atoms with E-state index in [2.05, 4.69) is 11.9 Å². The minimum Gasteiger partial charge on any atom is -0.494 e. The van der Waals surface area contributed by atoms with Gasteiger partial charge in [0.1, 0.15) is 5.75 Å².